The summed E-state index contributed by atoms with van der Waals surface area (Å²) in [5.41, 5.74) is 6.76. The number of alkyl halides is 12. The van der Waals surface area contributed by atoms with Gasteiger partial charge >= 0.3 is 72.2 Å². The monoisotopic (exact) mass is 1890 g/mol. The summed E-state index contributed by atoms with van der Waals surface area (Å²) in [6, 6.07) is 50.8. The number of aliphatic carboxylic acids is 1. The largest absolute Gasteiger partial charge is 1.00 e. The van der Waals surface area contributed by atoms with Gasteiger partial charge in [-0.15, -0.1) is 24.0 Å². The number of nitrogens with zero attached hydrogens (tertiary/aromatic N) is 3. The molecule has 0 saturated carbocycles. The first-order chi connectivity index (χ1) is 58.8. The zero-order valence-corrected chi connectivity index (χ0v) is 73.7. The van der Waals surface area contributed by atoms with E-state index in [1.54, 1.807) is 38.1 Å². The van der Waals surface area contributed by atoms with Crippen LogP contribution in [0.25, 0.3) is 45.3 Å². The van der Waals surface area contributed by atoms with Crippen molar-refractivity contribution in [2.24, 2.45) is 0 Å². The van der Waals surface area contributed by atoms with Gasteiger partial charge < -0.3 is 56.7 Å². The van der Waals surface area contributed by atoms with Crippen LogP contribution in [0.2, 0.25) is 0 Å². The van der Waals surface area contributed by atoms with Crippen LogP contribution in [0.15, 0.2) is 218 Å². The average molecular weight is 1890 g/mol. The molecule has 4 aliphatic rings. The van der Waals surface area contributed by atoms with E-state index in [1.807, 2.05) is 66.7 Å². The summed E-state index contributed by atoms with van der Waals surface area (Å²) < 4.78 is 206. The Bertz CT molecular complexity index is 5080. The predicted octanol–water partition coefficient (Wildman–Crippen LogP) is 18.5. The van der Waals surface area contributed by atoms with Crippen LogP contribution in [0.1, 0.15) is 117 Å². The van der Waals surface area contributed by atoms with Gasteiger partial charge in [-0.05, 0) is 239 Å². The molecule has 1 fully saturated rings. The van der Waals surface area contributed by atoms with Crippen molar-refractivity contribution in [2.45, 2.75) is 123 Å². The maximum Gasteiger partial charge on any atom is 1.00 e. The van der Waals surface area contributed by atoms with E-state index in [4.69, 9.17) is 51.2 Å². The Morgan fingerprint density at radius 2 is 0.690 bits per heavy atom. The number of halogens is 13. The molecule has 7 aromatic carbocycles. The van der Waals surface area contributed by atoms with E-state index in [9.17, 15) is 71.9 Å². The third-order valence-corrected chi connectivity index (χ3v) is 20.4. The minimum Gasteiger partial charge on any atom is -0.870 e. The maximum absolute atomic E-state index is 12.8. The van der Waals surface area contributed by atoms with Gasteiger partial charge in [0.05, 0.1) is 61.2 Å². The SMILES string of the molecule is CC1CCCO1.CCOC(=O)COc1ccc2c(c1)CCN(Cc1ccc(-c3ccc(C(F)(F)F)cc3)o1)CC2.CCOC(=O)COc1ccc2c(c1)CCN(Cc1ccc(-c3ccc(C(F)(F)F)cc3)o1)CC2.I.O=C(O)COc1ccc2c(c1)CCN(Cc1ccc(-c3ccc(C(F)(F)F)cc3)o1)CC2.O=Cc1ccc(-c2ccc(C(F)(F)F)cc2)o1.[Na+].[OH-]. The Labute approximate surface area is 758 Å². The molecule has 8 heterocycles. The second-order valence-electron chi connectivity index (χ2n) is 29.2. The fourth-order valence-corrected chi connectivity index (χ4v) is 13.9. The third-order valence-electron chi connectivity index (χ3n) is 20.4. The van der Waals surface area contributed by atoms with Gasteiger partial charge in [0.15, 0.2) is 31.9 Å². The summed E-state index contributed by atoms with van der Waals surface area (Å²) in [6.07, 6.45) is -8.75. The predicted molar refractivity (Wildman–Crippen MR) is 449 cm³/mol. The Balaban J connectivity index is 0.000000206. The van der Waals surface area contributed by atoms with Crippen molar-refractivity contribution in [3.63, 3.8) is 0 Å². The molecule has 2 N–H and O–H groups in total. The van der Waals surface area contributed by atoms with Gasteiger partial charge in [0.2, 0.25) is 0 Å². The van der Waals surface area contributed by atoms with Gasteiger partial charge in [0, 0.05) is 68.1 Å². The van der Waals surface area contributed by atoms with Crippen LogP contribution in [0.4, 0.5) is 52.7 Å². The molecule has 33 heteroatoms. The number of aldehydes is 1. The van der Waals surface area contributed by atoms with Gasteiger partial charge in [0.25, 0.3) is 0 Å². The molecule has 668 valence electrons. The number of esters is 2. The number of hydrogen-bond donors (Lipinski definition) is 1. The minimum absolute atomic E-state index is 0. The summed E-state index contributed by atoms with van der Waals surface area (Å²) in [4.78, 5) is 50.9. The Kier molecular flexibility index (Phi) is 38.2. The molecule has 0 radical (unpaired) electrons. The number of ether oxygens (including phenoxy) is 6. The van der Waals surface area contributed by atoms with E-state index in [2.05, 4.69) is 21.6 Å². The van der Waals surface area contributed by atoms with Crippen LogP contribution in [-0.4, -0.2) is 134 Å². The molecule has 0 amide bonds. The van der Waals surface area contributed by atoms with Crippen LogP contribution >= 0.6 is 24.0 Å². The van der Waals surface area contributed by atoms with Crippen molar-refractivity contribution in [2.75, 3.05) is 78.9 Å². The van der Waals surface area contributed by atoms with Gasteiger partial charge in [-0.1, -0.05) is 66.7 Å². The molecule has 4 aromatic heterocycles. The number of furan rings is 4. The third kappa shape index (κ3) is 30.8. The van der Waals surface area contributed by atoms with Crippen molar-refractivity contribution >= 4 is 48.2 Å². The van der Waals surface area contributed by atoms with E-state index >= 15 is 0 Å². The maximum atomic E-state index is 12.8. The van der Waals surface area contributed by atoms with Gasteiger partial charge in [-0.25, -0.2) is 14.4 Å². The second-order valence-corrected chi connectivity index (χ2v) is 29.2. The molecule has 126 heavy (non-hydrogen) atoms. The average Bonchev–Trinajstić information content (AvgIpc) is 1.63. The summed E-state index contributed by atoms with van der Waals surface area (Å²) in [7, 11) is 0. The number of fused-ring (bicyclic) bond motifs is 3. The number of hydrogen-bond acceptors (Lipinski definition) is 18. The molecule has 1 unspecified atom stereocenters. The van der Waals surface area contributed by atoms with E-state index in [1.165, 1.54) is 101 Å². The molecule has 15 rings (SSSR count). The first-order valence-electron chi connectivity index (χ1n) is 39.9. The molecule has 4 aliphatic heterocycles. The summed E-state index contributed by atoms with van der Waals surface area (Å²) in [6.45, 7) is 13.5. The van der Waals surface area contributed by atoms with Crippen LogP contribution in [0, 0.1) is 0 Å². The van der Waals surface area contributed by atoms with Crippen LogP contribution < -0.4 is 43.8 Å². The minimum atomic E-state index is -4.36. The van der Waals surface area contributed by atoms with E-state index in [0.29, 0.717) is 108 Å². The number of carboxylic acid groups (broad SMARTS) is 1. The Morgan fingerprint density at radius 3 is 0.937 bits per heavy atom. The molecular weight excluding hydrogens is 1790 g/mol. The second kappa shape index (κ2) is 47.6. The topological polar surface area (TPSA) is 236 Å². The van der Waals surface area contributed by atoms with Crippen molar-refractivity contribution < 1.29 is 158 Å². The molecular formula is C93H93F12IN3NaO16. The molecule has 0 aliphatic carbocycles. The van der Waals surface area contributed by atoms with Gasteiger partial charge in [-0.2, -0.15) is 52.7 Å². The molecule has 1 saturated heterocycles. The molecule has 1 atom stereocenters. The Morgan fingerprint density at radius 1 is 0.405 bits per heavy atom. The Hall–Kier alpha value is -10.2. The van der Waals surface area contributed by atoms with E-state index in [0.717, 1.165) is 156 Å². The summed E-state index contributed by atoms with van der Waals surface area (Å²) >= 11 is 0. The zero-order chi connectivity index (χ0) is 87.9. The number of carbonyl (C=O) groups is 4. The number of carbonyl (C=O) groups excluding carboxylic acids is 3. The van der Waals surface area contributed by atoms with Gasteiger partial charge in [0.1, 0.15) is 57.6 Å². The van der Waals surface area contributed by atoms with E-state index < -0.39 is 64.9 Å². The molecule has 11 aromatic rings. The molecule has 0 spiro atoms. The first kappa shape index (κ1) is 101. The summed E-state index contributed by atoms with van der Waals surface area (Å²) in [5, 5.41) is 8.77. The normalized spacial score (nSPS) is 14.6. The first-order valence-corrected chi connectivity index (χ1v) is 39.9. The zero-order valence-electron chi connectivity index (χ0n) is 69.4. The van der Waals surface area contributed by atoms with Crippen molar-refractivity contribution in [1.82, 2.24) is 14.7 Å². The standard InChI is InChI=1S/2C26H26F3NO4.C24H22F3NO4.C12H7F3O2.C5H10O.HI.Na.H2O/c2*1-2-32-25(31)17-33-22-8-5-18-11-13-30(14-12-20(18)15-22)16-23-9-10-24(34-23)19-3-6-21(7-4-19)26(27,28)29;25-24(26,27)19-4-1-17(2-5-19)22-8-7-21(32-22)14-28-11-9-16-3-6-20(31-15-23(29)30)13-18(16)10-12-28;13-12(14,15)9-3-1-8(2-4-9)11-6-5-10(7-16)17-11;1-5-3-2-4-6-5;;;/h2*3-10,15H,2,11-14,16-17H2,1H3;1-8,13H,9-12,14-15H2,(H,29,30);1-7H;5H,2-4H2,1H3;1H;;1H2/q;;;;;;+1;/p-1. The van der Waals surface area contributed by atoms with Crippen molar-refractivity contribution in [3.05, 3.63) is 279 Å². The fourth-order valence-electron chi connectivity index (χ4n) is 13.9. The van der Waals surface area contributed by atoms with Crippen LogP contribution in [0.3, 0.4) is 0 Å². The van der Waals surface area contributed by atoms with Gasteiger partial charge in [-0.3, -0.25) is 19.5 Å². The molecule has 19 nitrogen and oxygen atoms in total. The van der Waals surface area contributed by atoms with Crippen molar-refractivity contribution in [3.8, 4) is 62.5 Å². The smallest absolute Gasteiger partial charge is 0.870 e. The van der Waals surface area contributed by atoms with Crippen LogP contribution in [0.5, 0.6) is 17.2 Å². The van der Waals surface area contributed by atoms with Crippen molar-refractivity contribution in [1.29, 1.82) is 0 Å². The van der Waals surface area contributed by atoms with E-state index in [-0.39, 0.29) is 84.6 Å². The quantitative estimate of drug-likeness (QED) is 0.0218. The van der Waals surface area contributed by atoms with Crippen LogP contribution in [-0.2, 0) is 111 Å². The number of rotatable bonds is 22. The number of carboxylic acids is 1. The molecule has 0 bridgehead atoms. The number of benzene rings is 7. The summed E-state index contributed by atoms with van der Waals surface area (Å²) in [5.74, 6) is 4.45. The fraction of sp³-hybridized carbons (Fsp3) is 0.333.